The van der Waals surface area contributed by atoms with E-state index >= 15 is 0 Å². The first kappa shape index (κ1) is 23.8. The van der Waals surface area contributed by atoms with Crippen LogP contribution in [0.4, 0.5) is 0 Å². The first-order valence-electron chi connectivity index (χ1n) is 11.4. The van der Waals surface area contributed by atoms with Gasteiger partial charge < -0.3 is 34.6 Å². The second-order valence-electron chi connectivity index (χ2n) is 9.34. The molecule has 0 unspecified atom stereocenters. The van der Waals surface area contributed by atoms with Gasteiger partial charge in [-0.25, -0.2) is 0 Å². The van der Waals surface area contributed by atoms with Crippen molar-refractivity contribution < 1.29 is 39.4 Å². The van der Waals surface area contributed by atoms with Crippen LogP contribution in [0, 0.1) is 13.8 Å². The average molecular weight is 485 g/mol. The van der Waals surface area contributed by atoms with E-state index < -0.39 is 58.8 Å². The number of hydrogen-bond donors (Lipinski definition) is 4. The highest BCUT2D eigenvalue weighted by Gasteiger charge is 2.63. The third kappa shape index (κ3) is 2.91. The summed E-state index contributed by atoms with van der Waals surface area (Å²) in [6.07, 6.45) is -5.50. The first-order valence-corrected chi connectivity index (χ1v) is 11.4. The number of aryl methyl sites for hydroxylation is 1. The molecule has 1 aromatic heterocycles. The minimum Gasteiger partial charge on any atom is -0.504 e. The van der Waals surface area contributed by atoms with Crippen molar-refractivity contribution >= 4 is 5.78 Å². The molecule has 4 N–H and O–H groups in total. The van der Waals surface area contributed by atoms with Gasteiger partial charge in [-0.05, 0) is 33.3 Å². The van der Waals surface area contributed by atoms with E-state index in [0.29, 0.717) is 17.7 Å². The summed E-state index contributed by atoms with van der Waals surface area (Å²) in [7, 11) is 1.34. The maximum Gasteiger partial charge on any atom is 0.236 e. The standard InChI is InChI=1S/C25H27NO9/c1-6-12(27)17-15-11(7-8(2)26-17)14-13(19(15)29)9(3)18(28)16-22(20(14)30)35-24-25(16,32)23(31)21(33-5)10(4)34-24/h7,10,12,21,23-24,27,30-32H,6H2,1-5H3/t10-,12-,21-,23-,24+,25-/m1/s1. The monoisotopic (exact) mass is 485 g/mol. The Hall–Kier alpha value is -2.89. The van der Waals surface area contributed by atoms with Crippen LogP contribution in [0.2, 0.25) is 0 Å². The molecule has 0 amide bonds. The molecule has 10 heteroatoms. The lowest BCUT2D eigenvalue weighted by Crippen LogP contribution is -2.64. The number of ketones is 1. The number of aromatic nitrogens is 1. The Labute approximate surface area is 200 Å². The summed E-state index contributed by atoms with van der Waals surface area (Å²) >= 11 is 0. The molecule has 2 aromatic rings. The van der Waals surface area contributed by atoms with Crippen molar-refractivity contribution in [3.63, 3.8) is 0 Å². The normalized spacial score (nSPS) is 29.2. The maximum absolute atomic E-state index is 13.7. The fraction of sp³-hybridized carbons (Fsp3) is 0.480. The maximum atomic E-state index is 13.7. The van der Waals surface area contributed by atoms with E-state index in [1.807, 2.05) is 0 Å². The lowest BCUT2D eigenvalue weighted by atomic mass is 9.82. The molecule has 186 valence electrons. The SMILES string of the molecule is CC[C@@H](O)c1nc(C)cc2c1C(=O)c1c-2c(O)c2c(c(=O)c1C)[C@]1(O)[C@H](O2)O[C@H](C)[C@@H](OC)[C@H]1O. The predicted molar refractivity (Wildman–Crippen MR) is 121 cm³/mol. The van der Waals surface area contributed by atoms with Crippen molar-refractivity contribution in [2.24, 2.45) is 0 Å². The molecule has 5 rings (SSSR count). The van der Waals surface area contributed by atoms with Gasteiger partial charge in [0.25, 0.3) is 0 Å². The number of hydrogen-bond acceptors (Lipinski definition) is 10. The van der Waals surface area contributed by atoms with Gasteiger partial charge in [0.15, 0.2) is 28.3 Å². The Bertz CT molecular complexity index is 1340. The quantitative estimate of drug-likeness (QED) is 0.424. The van der Waals surface area contributed by atoms with Crippen molar-refractivity contribution in [3.8, 4) is 22.6 Å². The minimum atomic E-state index is -2.35. The summed E-state index contributed by atoms with van der Waals surface area (Å²) in [5.41, 5.74) is -2.53. The van der Waals surface area contributed by atoms with Crippen LogP contribution in [0.5, 0.6) is 11.5 Å². The molecule has 35 heavy (non-hydrogen) atoms. The summed E-state index contributed by atoms with van der Waals surface area (Å²) in [4.78, 5) is 31.7. The second-order valence-corrected chi connectivity index (χ2v) is 9.34. The van der Waals surface area contributed by atoms with E-state index in [-0.39, 0.29) is 33.7 Å². The van der Waals surface area contributed by atoms with Crippen LogP contribution < -0.4 is 10.2 Å². The fourth-order valence-corrected chi connectivity index (χ4v) is 5.49. The van der Waals surface area contributed by atoms with E-state index in [2.05, 4.69) is 4.98 Å². The highest BCUT2D eigenvalue weighted by Crippen LogP contribution is 2.55. The van der Waals surface area contributed by atoms with Crippen LogP contribution >= 0.6 is 0 Å². The number of pyridine rings is 1. The fourth-order valence-electron chi connectivity index (χ4n) is 5.49. The molecule has 0 bridgehead atoms. The number of rotatable bonds is 3. The Morgan fingerprint density at radius 3 is 2.54 bits per heavy atom. The number of carbonyl (C=O) groups excluding carboxylic acids is 1. The molecule has 0 saturated carbocycles. The first-order chi connectivity index (χ1) is 16.5. The molecule has 6 atom stereocenters. The van der Waals surface area contributed by atoms with E-state index in [0.717, 1.165) is 0 Å². The molecule has 1 fully saturated rings. The van der Waals surface area contributed by atoms with Gasteiger partial charge >= 0.3 is 0 Å². The number of methoxy groups -OCH3 is 1. The lowest BCUT2D eigenvalue weighted by molar-refractivity contribution is -0.310. The molecular formula is C25H27NO9. The zero-order valence-corrected chi connectivity index (χ0v) is 19.9. The van der Waals surface area contributed by atoms with Crippen LogP contribution in [0.15, 0.2) is 10.9 Å². The Kier molecular flexibility index (Phi) is 5.32. The van der Waals surface area contributed by atoms with Crippen molar-refractivity contribution in [2.75, 3.05) is 7.11 Å². The number of aliphatic hydroxyl groups excluding tert-OH is 2. The smallest absolute Gasteiger partial charge is 0.236 e. The second kappa shape index (κ2) is 7.81. The third-order valence-corrected chi connectivity index (χ3v) is 7.29. The van der Waals surface area contributed by atoms with Gasteiger partial charge in [-0.2, -0.15) is 0 Å². The van der Waals surface area contributed by atoms with Gasteiger partial charge in [0.05, 0.1) is 29.0 Å². The Morgan fingerprint density at radius 1 is 1.23 bits per heavy atom. The van der Waals surface area contributed by atoms with Crippen molar-refractivity contribution in [2.45, 2.75) is 70.4 Å². The zero-order valence-electron chi connectivity index (χ0n) is 19.9. The van der Waals surface area contributed by atoms with Gasteiger partial charge in [0, 0.05) is 35.1 Å². The van der Waals surface area contributed by atoms with Crippen molar-refractivity contribution in [3.05, 3.63) is 49.9 Å². The molecule has 1 aliphatic carbocycles. The summed E-state index contributed by atoms with van der Waals surface area (Å²) in [5, 5.41) is 44.6. The number of fused-ring (bicyclic) bond motifs is 6. The summed E-state index contributed by atoms with van der Waals surface area (Å²) < 4.78 is 16.8. The number of nitrogens with zero attached hydrogens (tertiary/aromatic N) is 1. The summed E-state index contributed by atoms with van der Waals surface area (Å²) in [6, 6.07) is 1.59. The zero-order chi connectivity index (χ0) is 25.6. The predicted octanol–water partition coefficient (Wildman–Crippen LogP) is 1.12. The van der Waals surface area contributed by atoms with Crippen LogP contribution in [-0.4, -0.2) is 62.9 Å². The highest BCUT2D eigenvalue weighted by atomic mass is 16.7. The Balaban J connectivity index is 1.86. The molecule has 3 heterocycles. The van der Waals surface area contributed by atoms with Crippen molar-refractivity contribution in [1.29, 1.82) is 0 Å². The molecule has 1 aromatic carbocycles. The van der Waals surface area contributed by atoms with Crippen LogP contribution in [0.25, 0.3) is 11.1 Å². The Morgan fingerprint density at radius 2 is 1.91 bits per heavy atom. The molecule has 0 spiro atoms. The van der Waals surface area contributed by atoms with Crippen LogP contribution in [0.1, 0.15) is 64.8 Å². The average Bonchev–Trinajstić information content (AvgIpc) is 3.26. The van der Waals surface area contributed by atoms with Gasteiger partial charge in [0.2, 0.25) is 6.29 Å². The van der Waals surface area contributed by atoms with Crippen LogP contribution in [0.3, 0.4) is 0 Å². The number of aliphatic hydroxyl groups is 3. The molecule has 0 radical (unpaired) electrons. The van der Waals surface area contributed by atoms with E-state index in [1.54, 1.807) is 26.8 Å². The van der Waals surface area contributed by atoms with Gasteiger partial charge in [-0.1, -0.05) is 6.92 Å². The van der Waals surface area contributed by atoms with Gasteiger partial charge in [0.1, 0.15) is 12.2 Å². The van der Waals surface area contributed by atoms with Crippen molar-refractivity contribution in [1.82, 2.24) is 4.98 Å². The molecule has 3 aliphatic rings. The van der Waals surface area contributed by atoms with E-state index in [1.165, 1.54) is 14.0 Å². The number of carbonyl (C=O) groups is 1. The highest BCUT2D eigenvalue weighted by molar-refractivity contribution is 6.24. The summed E-state index contributed by atoms with van der Waals surface area (Å²) in [6.45, 7) is 6.46. The van der Waals surface area contributed by atoms with Gasteiger partial charge in [-0.15, -0.1) is 0 Å². The molecule has 1 saturated heterocycles. The lowest BCUT2D eigenvalue weighted by Gasteiger charge is -2.44. The summed E-state index contributed by atoms with van der Waals surface area (Å²) in [5.74, 6) is -1.49. The minimum absolute atomic E-state index is 0.0454. The number of ether oxygens (including phenoxy) is 3. The molecular weight excluding hydrogens is 458 g/mol. The largest absolute Gasteiger partial charge is 0.504 e. The molecule has 10 nitrogen and oxygen atoms in total. The van der Waals surface area contributed by atoms with E-state index in [4.69, 9.17) is 14.2 Å². The van der Waals surface area contributed by atoms with Gasteiger partial charge in [-0.3, -0.25) is 14.6 Å². The van der Waals surface area contributed by atoms with E-state index in [9.17, 15) is 30.0 Å². The third-order valence-electron chi connectivity index (χ3n) is 7.29. The topological polar surface area (TPSA) is 156 Å². The van der Waals surface area contributed by atoms with Crippen LogP contribution in [-0.2, 0) is 15.1 Å². The number of aromatic hydroxyl groups is 1. The molecule has 2 aliphatic heterocycles.